The first-order valence-corrected chi connectivity index (χ1v) is 4.51. The van der Waals surface area contributed by atoms with Gasteiger partial charge in [0.1, 0.15) is 6.29 Å². The molecule has 1 saturated carbocycles. The second-order valence-corrected chi connectivity index (χ2v) is 3.96. The maximum atomic E-state index is 10.7. The monoisotopic (exact) mass is 170 g/mol. The lowest BCUT2D eigenvalue weighted by atomic mass is 9.90. The van der Waals surface area contributed by atoms with Crippen molar-refractivity contribution in [1.82, 2.24) is 0 Å². The zero-order valence-electron chi connectivity index (χ0n) is 7.14. The molecular weight excluding hydrogens is 156 g/mol. The van der Waals surface area contributed by atoms with Crippen molar-refractivity contribution in [2.45, 2.75) is 32.2 Å². The van der Waals surface area contributed by atoms with Crippen molar-refractivity contribution in [3.05, 3.63) is 0 Å². The molecule has 3 heteroatoms. The summed E-state index contributed by atoms with van der Waals surface area (Å²) in [5, 5.41) is 9.20. The van der Waals surface area contributed by atoms with E-state index in [1.807, 2.05) is 0 Å². The minimum absolute atomic E-state index is 0.104. The number of aliphatic hydroxyl groups is 1. The summed E-state index contributed by atoms with van der Waals surface area (Å²) in [5.74, 6) is 0.796. The third-order valence-electron chi connectivity index (χ3n) is 3.20. The fraction of sp³-hybridized carbons (Fsp3) is 0.889. The number of fused-ring (bicyclic) bond motifs is 1. The number of hydrogen-bond acceptors (Lipinski definition) is 3. The summed E-state index contributed by atoms with van der Waals surface area (Å²) in [4.78, 5) is 10.7. The van der Waals surface area contributed by atoms with Gasteiger partial charge < -0.3 is 14.6 Å². The van der Waals surface area contributed by atoms with Crippen LogP contribution in [0.1, 0.15) is 19.8 Å². The normalized spacial score (nSPS) is 52.3. The first kappa shape index (κ1) is 8.20. The fourth-order valence-corrected chi connectivity index (χ4v) is 2.56. The van der Waals surface area contributed by atoms with Gasteiger partial charge in [-0.15, -0.1) is 0 Å². The molecule has 2 fully saturated rings. The van der Waals surface area contributed by atoms with Crippen molar-refractivity contribution in [1.29, 1.82) is 0 Å². The van der Waals surface area contributed by atoms with Crippen molar-refractivity contribution >= 4 is 6.29 Å². The first-order chi connectivity index (χ1) is 5.72. The molecule has 0 bridgehead atoms. The molecule has 68 valence electrons. The molecule has 1 aliphatic carbocycles. The maximum absolute atomic E-state index is 10.7. The highest BCUT2D eigenvalue weighted by atomic mass is 16.6. The Kier molecular flexibility index (Phi) is 1.93. The molecule has 1 saturated heterocycles. The van der Waals surface area contributed by atoms with Crippen LogP contribution in [0.2, 0.25) is 0 Å². The van der Waals surface area contributed by atoms with Gasteiger partial charge in [0, 0.05) is 12.3 Å². The topological polar surface area (TPSA) is 46.5 Å². The van der Waals surface area contributed by atoms with Gasteiger partial charge in [-0.05, 0) is 18.3 Å². The summed E-state index contributed by atoms with van der Waals surface area (Å²) in [6.07, 6.45) is 2.08. The third-order valence-corrected chi connectivity index (χ3v) is 3.20. The highest BCUT2D eigenvalue weighted by molar-refractivity contribution is 5.55. The van der Waals surface area contributed by atoms with Crippen LogP contribution in [0, 0.1) is 17.8 Å². The predicted molar refractivity (Wildman–Crippen MR) is 42.3 cm³/mol. The number of carbonyl (C=O) groups is 1. The van der Waals surface area contributed by atoms with Crippen LogP contribution in [0.3, 0.4) is 0 Å². The quantitative estimate of drug-likeness (QED) is 0.585. The lowest BCUT2D eigenvalue weighted by Crippen LogP contribution is -2.16. The average molecular weight is 170 g/mol. The molecular formula is C9H14O3. The second-order valence-electron chi connectivity index (χ2n) is 3.96. The number of aliphatic hydroxyl groups excluding tert-OH is 1. The molecule has 0 amide bonds. The van der Waals surface area contributed by atoms with Gasteiger partial charge in [0.15, 0.2) is 6.29 Å². The maximum Gasteiger partial charge on any atom is 0.155 e. The summed E-state index contributed by atoms with van der Waals surface area (Å²) < 4.78 is 5.28. The van der Waals surface area contributed by atoms with E-state index in [2.05, 4.69) is 6.92 Å². The van der Waals surface area contributed by atoms with Crippen LogP contribution in [0.25, 0.3) is 0 Å². The van der Waals surface area contributed by atoms with Crippen LogP contribution in [0.15, 0.2) is 0 Å². The van der Waals surface area contributed by atoms with E-state index in [1.54, 1.807) is 0 Å². The Hall–Kier alpha value is -0.410. The first-order valence-electron chi connectivity index (χ1n) is 4.51. The van der Waals surface area contributed by atoms with Gasteiger partial charge in [0.05, 0.1) is 6.10 Å². The molecule has 0 aromatic heterocycles. The number of aldehydes is 1. The van der Waals surface area contributed by atoms with Gasteiger partial charge in [-0.2, -0.15) is 0 Å². The standard InChI is InChI=1S/C9H14O3/c1-5-2-8-6(7(5)4-10)3-9(11)12-8/h4-9,11H,2-3H2,1H3. The molecule has 5 atom stereocenters. The summed E-state index contributed by atoms with van der Waals surface area (Å²) in [6, 6.07) is 0. The molecule has 1 heterocycles. The highest BCUT2D eigenvalue weighted by Gasteiger charge is 2.47. The lowest BCUT2D eigenvalue weighted by molar-refractivity contribution is -0.113. The molecule has 5 unspecified atom stereocenters. The van der Waals surface area contributed by atoms with Gasteiger partial charge in [-0.25, -0.2) is 0 Å². The van der Waals surface area contributed by atoms with E-state index in [-0.39, 0.29) is 17.9 Å². The fourth-order valence-electron chi connectivity index (χ4n) is 2.56. The van der Waals surface area contributed by atoms with Crippen molar-refractivity contribution in [3.63, 3.8) is 0 Å². The SMILES string of the molecule is CC1CC2OC(O)CC2C1C=O. The van der Waals surface area contributed by atoms with Crippen LogP contribution in [-0.4, -0.2) is 23.8 Å². The van der Waals surface area contributed by atoms with Gasteiger partial charge >= 0.3 is 0 Å². The molecule has 0 spiro atoms. The van der Waals surface area contributed by atoms with Crippen LogP contribution in [0.5, 0.6) is 0 Å². The molecule has 1 N–H and O–H groups in total. The van der Waals surface area contributed by atoms with Crippen molar-refractivity contribution in [3.8, 4) is 0 Å². The minimum atomic E-state index is -0.630. The minimum Gasteiger partial charge on any atom is -0.368 e. The largest absolute Gasteiger partial charge is 0.368 e. The van der Waals surface area contributed by atoms with Crippen molar-refractivity contribution in [2.24, 2.45) is 17.8 Å². The van der Waals surface area contributed by atoms with E-state index in [1.165, 1.54) is 0 Å². The Morgan fingerprint density at radius 3 is 2.92 bits per heavy atom. The summed E-state index contributed by atoms with van der Waals surface area (Å²) in [6.45, 7) is 2.08. The molecule has 2 aliphatic rings. The van der Waals surface area contributed by atoms with Crippen LogP contribution >= 0.6 is 0 Å². The number of ether oxygens (including phenoxy) is 1. The number of hydrogen-bond donors (Lipinski definition) is 1. The van der Waals surface area contributed by atoms with Crippen LogP contribution in [0.4, 0.5) is 0 Å². The Balaban J connectivity index is 2.11. The van der Waals surface area contributed by atoms with E-state index < -0.39 is 6.29 Å². The van der Waals surface area contributed by atoms with Gasteiger partial charge in [0.2, 0.25) is 0 Å². The molecule has 0 aromatic carbocycles. The lowest BCUT2D eigenvalue weighted by Gasteiger charge is -2.12. The molecule has 12 heavy (non-hydrogen) atoms. The van der Waals surface area contributed by atoms with E-state index in [0.717, 1.165) is 12.7 Å². The molecule has 1 aliphatic heterocycles. The third kappa shape index (κ3) is 1.08. The van der Waals surface area contributed by atoms with Gasteiger partial charge in [-0.3, -0.25) is 0 Å². The molecule has 2 rings (SSSR count). The number of rotatable bonds is 1. The summed E-state index contributed by atoms with van der Waals surface area (Å²) in [5.41, 5.74) is 0. The Bertz CT molecular complexity index is 192. The summed E-state index contributed by atoms with van der Waals surface area (Å²) in [7, 11) is 0. The number of carbonyl (C=O) groups excluding carboxylic acids is 1. The van der Waals surface area contributed by atoms with E-state index in [9.17, 15) is 9.90 Å². The summed E-state index contributed by atoms with van der Waals surface area (Å²) >= 11 is 0. The molecule has 0 radical (unpaired) electrons. The van der Waals surface area contributed by atoms with Gasteiger partial charge in [0.25, 0.3) is 0 Å². The van der Waals surface area contributed by atoms with Crippen LogP contribution in [-0.2, 0) is 9.53 Å². The Morgan fingerprint density at radius 2 is 2.25 bits per heavy atom. The zero-order chi connectivity index (χ0) is 8.72. The molecule has 0 aromatic rings. The smallest absolute Gasteiger partial charge is 0.155 e. The Morgan fingerprint density at radius 1 is 1.50 bits per heavy atom. The predicted octanol–water partition coefficient (Wildman–Crippen LogP) is 0.565. The van der Waals surface area contributed by atoms with Crippen molar-refractivity contribution < 1.29 is 14.6 Å². The second kappa shape index (κ2) is 2.82. The average Bonchev–Trinajstić information content (AvgIpc) is 2.43. The zero-order valence-corrected chi connectivity index (χ0v) is 7.14. The Labute approximate surface area is 71.7 Å². The van der Waals surface area contributed by atoms with E-state index in [4.69, 9.17) is 4.74 Å². The molecule has 3 nitrogen and oxygen atoms in total. The van der Waals surface area contributed by atoms with E-state index >= 15 is 0 Å². The highest BCUT2D eigenvalue weighted by Crippen LogP contribution is 2.44. The van der Waals surface area contributed by atoms with E-state index in [0.29, 0.717) is 12.3 Å². The van der Waals surface area contributed by atoms with Crippen molar-refractivity contribution in [2.75, 3.05) is 0 Å². The van der Waals surface area contributed by atoms with Gasteiger partial charge in [-0.1, -0.05) is 6.92 Å². The van der Waals surface area contributed by atoms with Crippen LogP contribution < -0.4 is 0 Å².